The highest BCUT2D eigenvalue weighted by molar-refractivity contribution is 5.54. The quantitative estimate of drug-likeness (QED) is 0.772. The second-order valence-electron chi connectivity index (χ2n) is 4.83. The van der Waals surface area contributed by atoms with E-state index in [1.807, 2.05) is 18.2 Å². The number of ether oxygens (including phenoxy) is 2. The summed E-state index contributed by atoms with van der Waals surface area (Å²) in [5.41, 5.74) is 7.58. The van der Waals surface area contributed by atoms with Gasteiger partial charge in [-0.25, -0.2) is 0 Å². The standard InChI is InChI=1S/C14H23NO2/c1-10(2)7-11(3)17-9-12-5-6-14(16-4)13(15)8-12/h5-6,8,10-11H,7,9,15H2,1-4H3. The summed E-state index contributed by atoms with van der Waals surface area (Å²) in [5, 5.41) is 0. The monoisotopic (exact) mass is 237 g/mol. The molecule has 1 unspecified atom stereocenters. The normalized spacial score (nSPS) is 12.8. The fraction of sp³-hybridized carbons (Fsp3) is 0.571. The van der Waals surface area contributed by atoms with Gasteiger partial charge >= 0.3 is 0 Å². The summed E-state index contributed by atoms with van der Waals surface area (Å²) in [7, 11) is 1.62. The predicted molar refractivity (Wildman–Crippen MR) is 71.1 cm³/mol. The molecule has 96 valence electrons. The lowest BCUT2D eigenvalue weighted by Crippen LogP contribution is -2.11. The molecule has 3 nitrogen and oxygen atoms in total. The SMILES string of the molecule is COc1ccc(COC(C)CC(C)C)cc1N. The van der Waals surface area contributed by atoms with Gasteiger partial charge in [0.1, 0.15) is 5.75 Å². The van der Waals surface area contributed by atoms with E-state index in [0.29, 0.717) is 24.0 Å². The van der Waals surface area contributed by atoms with E-state index in [2.05, 4.69) is 20.8 Å². The van der Waals surface area contributed by atoms with Crippen LogP contribution >= 0.6 is 0 Å². The van der Waals surface area contributed by atoms with Crippen molar-refractivity contribution in [3.8, 4) is 5.75 Å². The van der Waals surface area contributed by atoms with Crippen LogP contribution in [0.2, 0.25) is 0 Å². The van der Waals surface area contributed by atoms with Crippen molar-refractivity contribution in [3.63, 3.8) is 0 Å². The number of hydrogen-bond donors (Lipinski definition) is 1. The molecule has 0 fully saturated rings. The van der Waals surface area contributed by atoms with Gasteiger partial charge in [0.15, 0.2) is 0 Å². The number of methoxy groups -OCH3 is 1. The fourth-order valence-corrected chi connectivity index (χ4v) is 1.84. The lowest BCUT2D eigenvalue weighted by Gasteiger charge is -2.15. The van der Waals surface area contributed by atoms with Gasteiger partial charge in [0.25, 0.3) is 0 Å². The summed E-state index contributed by atoms with van der Waals surface area (Å²) in [6.07, 6.45) is 1.35. The Labute approximate surface area is 104 Å². The third-order valence-corrected chi connectivity index (χ3v) is 2.63. The molecule has 0 spiro atoms. The smallest absolute Gasteiger partial charge is 0.141 e. The van der Waals surface area contributed by atoms with Crippen molar-refractivity contribution in [2.75, 3.05) is 12.8 Å². The van der Waals surface area contributed by atoms with Gasteiger partial charge in [-0.1, -0.05) is 19.9 Å². The molecule has 0 aliphatic carbocycles. The Morgan fingerprint density at radius 3 is 2.47 bits per heavy atom. The number of nitrogens with two attached hydrogens (primary N) is 1. The molecule has 1 atom stereocenters. The lowest BCUT2D eigenvalue weighted by atomic mass is 10.1. The highest BCUT2D eigenvalue weighted by Crippen LogP contribution is 2.22. The molecule has 1 aromatic rings. The average Bonchev–Trinajstić information content (AvgIpc) is 2.25. The summed E-state index contributed by atoms with van der Waals surface area (Å²) in [5.74, 6) is 1.37. The van der Waals surface area contributed by atoms with Gasteiger partial charge < -0.3 is 15.2 Å². The third-order valence-electron chi connectivity index (χ3n) is 2.63. The van der Waals surface area contributed by atoms with E-state index >= 15 is 0 Å². The minimum atomic E-state index is 0.276. The Hall–Kier alpha value is -1.22. The first-order valence-electron chi connectivity index (χ1n) is 6.07. The maximum atomic E-state index is 5.84. The highest BCUT2D eigenvalue weighted by atomic mass is 16.5. The van der Waals surface area contributed by atoms with Gasteiger partial charge in [-0.15, -0.1) is 0 Å². The van der Waals surface area contributed by atoms with Crippen molar-refractivity contribution in [1.29, 1.82) is 0 Å². The summed E-state index contributed by atoms with van der Waals surface area (Å²) < 4.78 is 10.9. The molecule has 0 aromatic heterocycles. The molecule has 0 radical (unpaired) electrons. The van der Waals surface area contributed by atoms with Gasteiger partial charge in [-0.2, -0.15) is 0 Å². The molecule has 1 aromatic carbocycles. The van der Waals surface area contributed by atoms with Crippen LogP contribution in [0.5, 0.6) is 5.75 Å². The van der Waals surface area contributed by atoms with Gasteiger partial charge in [-0.05, 0) is 37.0 Å². The zero-order chi connectivity index (χ0) is 12.8. The zero-order valence-electron chi connectivity index (χ0n) is 11.2. The number of benzene rings is 1. The average molecular weight is 237 g/mol. The van der Waals surface area contributed by atoms with Crippen LogP contribution in [0.3, 0.4) is 0 Å². The zero-order valence-corrected chi connectivity index (χ0v) is 11.2. The van der Waals surface area contributed by atoms with Gasteiger partial charge in [-0.3, -0.25) is 0 Å². The summed E-state index contributed by atoms with van der Waals surface area (Å²) in [4.78, 5) is 0. The minimum absolute atomic E-state index is 0.276. The summed E-state index contributed by atoms with van der Waals surface area (Å²) in [6, 6.07) is 5.76. The van der Waals surface area contributed by atoms with Crippen LogP contribution in [0.25, 0.3) is 0 Å². The molecule has 0 amide bonds. The first kappa shape index (κ1) is 13.8. The Bertz CT molecular complexity index is 350. The van der Waals surface area contributed by atoms with Crippen molar-refractivity contribution in [1.82, 2.24) is 0 Å². The first-order valence-corrected chi connectivity index (χ1v) is 6.07. The molecule has 0 aliphatic rings. The van der Waals surface area contributed by atoms with Crippen molar-refractivity contribution >= 4 is 5.69 Å². The largest absolute Gasteiger partial charge is 0.495 e. The van der Waals surface area contributed by atoms with E-state index in [1.54, 1.807) is 7.11 Å². The summed E-state index contributed by atoms with van der Waals surface area (Å²) in [6.45, 7) is 7.10. The van der Waals surface area contributed by atoms with E-state index < -0.39 is 0 Å². The van der Waals surface area contributed by atoms with Crippen LogP contribution in [-0.4, -0.2) is 13.2 Å². The molecule has 0 saturated heterocycles. The van der Waals surface area contributed by atoms with E-state index in [4.69, 9.17) is 15.2 Å². The maximum absolute atomic E-state index is 5.84. The fourth-order valence-electron chi connectivity index (χ4n) is 1.84. The lowest BCUT2D eigenvalue weighted by molar-refractivity contribution is 0.0397. The molecule has 2 N–H and O–H groups in total. The van der Waals surface area contributed by atoms with Crippen molar-refractivity contribution in [3.05, 3.63) is 23.8 Å². The predicted octanol–water partition coefficient (Wildman–Crippen LogP) is 3.23. The Morgan fingerprint density at radius 2 is 1.94 bits per heavy atom. The van der Waals surface area contributed by atoms with E-state index in [9.17, 15) is 0 Å². The molecule has 0 aliphatic heterocycles. The van der Waals surface area contributed by atoms with Crippen LogP contribution < -0.4 is 10.5 Å². The molecule has 1 rings (SSSR count). The van der Waals surface area contributed by atoms with Crippen LogP contribution in [0.4, 0.5) is 5.69 Å². The molecular weight excluding hydrogens is 214 g/mol. The molecule has 0 heterocycles. The van der Waals surface area contributed by atoms with Crippen LogP contribution in [0, 0.1) is 5.92 Å². The van der Waals surface area contributed by atoms with Crippen LogP contribution in [0.15, 0.2) is 18.2 Å². The number of hydrogen-bond acceptors (Lipinski definition) is 3. The molecule has 17 heavy (non-hydrogen) atoms. The van der Waals surface area contributed by atoms with Crippen LogP contribution in [0.1, 0.15) is 32.8 Å². The first-order chi connectivity index (χ1) is 8.02. The Kier molecular flexibility index (Phi) is 5.29. The van der Waals surface area contributed by atoms with Crippen LogP contribution in [-0.2, 0) is 11.3 Å². The third kappa shape index (κ3) is 4.65. The van der Waals surface area contributed by atoms with Crippen molar-refractivity contribution in [2.45, 2.75) is 39.9 Å². The topological polar surface area (TPSA) is 44.5 Å². The van der Waals surface area contributed by atoms with Crippen molar-refractivity contribution in [2.24, 2.45) is 5.92 Å². The second kappa shape index (κ2) is 6.50. The van der Waals surface area contributed by atoms with Gasteiger partial charge in [0.05, 0.1) is 25.5 Å². The molecule has 0 saturated carbocycles. The molecule has 0 bridgehead atoms. The Balaban J connectivity index is 2.49. The maximum Gasteiger partial charge on any atom is 0.141 e. The number of nitrogen functional groups attached to an aromatic ring is 1. The minimum Gasteiger partial charge on any atom is -0.495 e. The van der Waals surface area contributed by atoms with Gasteiger partial charge in [0, 0.05) is 0 Å². The molecule has 3 heteroatoms. The summed E-state index contributed by atoms with van der Waals surface area (Å²) >= 11 is 0. The number of anilines is 1. The van der Waals surface area contributed by atoms with E-state index in [-0.39, 0.29) is 6.10 Å². The Morgan fingerprint density at radius 1 is 1.24 bits per heavy atom. The van der Waals surface area contributed by atoms with E-state index in [1.165, 1.54) is 0 Å². The van der Waals surface area contributed by atoms with E-state index in [0.717, 1.165) is 12.0 Å². The second-order valence-corrected chi connectivity index (χ2v) is 4.83. The van der Waals surface area contributed by atoms with Gasteiger partial charge in [0.2, 0.25) is 0 Å². The molecular formula is C14H23NO2. The number of rotatable bonds is 6. The highest BCUT2D eigenvalue weighted by Gasteiger charge is 2.06. The van der Waals surface area contributed by atoms with Crippen molar-refractivity contribution < 1.29 is 9.47 Å².